The average molecular weight is 1480 g/mol. The molecule has 10 aromatic carbocycles. The van der Waals surface area contributed by atoms with E-state index in [0.717, 1.165) is 91.0 Å². The Morgan fingerprint density at radius 1 is 0.279 bits per heavy atom. The summed E-state index contributed by atoms with van der Waals surface area (Å²) in [5.41, 5.74) is 20.9. The summed E-state index contributed by atoms with van der Waals surface area (Å²) >= 11 is 0. The fraction of sp³-hybridized carbons (Fsp3) is 0.0548. The van der Waals surface area contributed by atoms with Crippen LogP contribution in [0.2, 0.25) is 0 Å². The van der Waals surface area contributed by atoms with E-state index in [4.69, 9.17) is 9.47 Å². The van der Waals surface area contributed by atoms with Gasteiger partial charge in [-0.05, 0) is 147 Å². The van der Waals surface area contributed by atoms with E-state index in [1.54, 1.807) is 0 Å². The predicted molar refractivity (Wildman–Crippen MR) is 337 cm³/mol. The van der Waals surface area contributed by atoms with E-state index in [2.05, 4.69) is 268 Å². The van der Waals surface area contributed by atoms with Crippen LogP contribution in [0.4, 0.5) is 91.0 Å². The molecule has 4 aliphatic heterocycles. The SMILES string of the molecule is Cc1cc2c(cc1C)N(c1ccccc1)[CH-]N2c1[c-]c(Oc2[c-]c(N3[CH-]N(c4ccc(N5[CH-]N(c6[c-]c(Oc7[c-]c(N8[CH-]N(c9ccncc9)c9cc(C)c(C)cc98)ccc7)ccc6)c6ccccc65)cc4)c4ccccc43)ccc2)ccc1.[Pt+4].[Pt+4]. The molecule has 0 aliphatic carbocycles. The molecular weight excluding hydrogens is 1430 g/mol. The summed E-state index contributed by atoms with van der Waals surface area (Å²) in [5.74, 6) is 2.33. The maximum atomic E-state index is 6.58. The number of ether oxygens (including phenoxy) is 2. The van der Waals surface area contributed by atoms with Crippen molar-refractivity contribution in [1.82, 2.24) is 4.98 Å². The molecule has 4 aliphatic rings. The van der Waals surface area contributed by atoms with Gasteiger partial charge in [0.15, 0.2) is 0 Å². The molecule has 11 nitrogen and oxygen atoms in total. The Bertz CT molecular complexity index is 4030. The number of hydrogen-bond acceptors (Lipinski definition) is 11. The minimum absolute atomic E-state index is 0. The van der Waals surface area contributed by atoms with Crippen LogP contribution in [-0.4, -0.2) is 4.98 Å². The van der Waals surface area contributed by atoms with Crippen LogP contribution in [-0.2, 0) is 42.1 Å². The molecule has 13 heteroatoms. The van der Waals surface area contributed by atoms with Gasteiger partial charge in [-0.25, -0.2) is 0 Å². The van der Waals surface area contributed by atoms with E-state index in [1.807, 2.05) is 79.1 Å². The summed E-state index contributed by atoms with van der Waals surface area (Å²) in [6, 6.07) is 87.1. The number of pyridine rings is 1. The summed E-state index contributed by atoms with van der Waals surface area (Å²) in [6.45, 7) is 17.1. The first kappa shape index (κ1) is 55.9. The first-order valence-electron chi connectivity index (χ1n) is 27.9. The predicted octanol–water partition coefficient (Wildman–Crippen LogP) is 18.7. The monoisotopic (exact) mass is 1480 g/mol. The molecule has 0 saturated heterocycles. The number of nitrogens with zero attached hydrogens (tertiary/aromatic N) is 9. The molecule has 0 saturated carbocycles. The third kappa shape index (κ3) is 10.3. The average Bonchev–Trinajstić information content (AvgIpc) is 2.27. The summed E-state index contributed by atoms with van der Waals surface area (Å²) in [4.78, 5) is 21.7. The maximum Gasteiger partial charge on any atom is 4.00 e. The number of fused-ring (bicyclic) bond motifs is 4. The van der Waals surface area contributed by atoms with Crippen LogP contribution in [0.1, 0.15) is 22.3 Å². The van der Waals surface area contributed by atoms with Crippen molar-refractivity contribution in [2.75, 3.05) is 39.2 Å². The number of para-hydroxylation sites is 5. The topological polar surface area (TPSA) is 57.3 Å². The Kier molecular flexibility index (Phi) is 15.1. The Morgan fingerprint density at radius 2 is 0.547 bits per heavy atom. The molecule has 5 heterocycles. The number of anilines is 16. The number of benzene rings is 10. The van der Waals surface area contributed by atoms with E-state index in [0.29, 0.717) is 23.0 Å². The van der Waals surface area contributed by atoms with Crippen molar-refractivity contribution < 1.29 is 51.6 Å². The van der Waals surface area contributed by atoms with Crippen LogP contribution in [0.3, 0.4) is 0 Å². The van der Waals surface area contributed by atoms with E-state index >= 15 is 0 Å². The Balaban J connectivity index is 0.00000343. The molecule has 1 aromatic heterocycles. The zero-order valence-electron chi connectivity index (χ0n) is 47.1. The Morgan fingerprint density at radius 3 is 0.895 bits per heavy atom. The first-order valence-corrected chi connectivity index (χ1v) is 27.9. The molecule has 15 rings (SSSR count). The smallest absolute Gasteiger partial charge is 0.509 e. The summed E-state index contributed by atoms with van der Waals surface area (Å²) < 4.78 is 13.1. The molecule has 11 aromatic rings. The molecule has 86 heavy (non-hydrogen) atoms. The van der Waals surface area contributed by atoms with Crippen molar-refractivity contribution in [1.29, 1.82) is 0 Å². The quantitative estimate of drug-likeness (QED) is 0.110. The van der Waals surface area contributed by atoms with Gasteiger partial charge in [-0.3, -0.25) is 4.98 Å². The van der Waals surface area contributed by atoms with Crippen LogP contribution in [0.15, 0.2) is 225 Å². The van der Waals surface area contributed by atoms with Gasteiger partial charge in [0.1, 0.15) is 0 Å². The van der Waals surface area contributed by atoms with Gasteiger partial charge in [0.25, 0.3) is 0 Å². The third-order valence-electron chi connectivity index (χ3n) is 15.8. The van der Waals surface area contributed by atoms with E-state index in [9.17, 15) is 0 Å². The minimum atomic E-state index is 0. The van der Waals surface area contributed by atoms with Crippen LogP contribution in [0.25, 0.3) is 0 Å². The molecule has 0 unspecified atom stereocenters. The van der Waals surface area contributed by atoms with Crippen molar-refractivity contribution in [3.8, 4) is 23.0 Å². The fourth-order valence-corrected chi connectivity index (χ4v) is 11.3. The van der Waals surface area contributed by atoms with E-state index in [-0.39, 0.29) is 42.1 Å². The van der Waals surface area contributed by atoms with E-state index in [1.165, 1.54) is 22.3 Å². The number of rotatable bonds is 12. The molecule has 422 valence electrons. The molecule has 0 N–H and O–H groups in total. The molecular formula is C73H53N9O2Pt2. The van der Waals surface area contributed by atoms with Gasteiger partial charge in [-0.1, -0.05) is 42.5 Å². The number of aryl methyl sites for hydroxylation is 4. The van der Waals surface area contributed by atoms with Crippen LogP contribution < -0.4 is 48.7 Å². The van der Waals surface area contributed by atoms with Crippen molar-refractivity contribution in [2.45, 2.75) is 27.7 Å². The third-order valence-corrected chi connectivity index (χ3v) is 15.8. The molecule has 0 amide bonds. The summed E-state index contributed by atoms with van der Waals surface area (Å²) in [5, 5.41) is 0. The summed E-state index contributed by atoms with van der Waals surface area (Å²) in [6.07, 6.45) is 3.63. The van der Waals surface area contributed by atoms with Crippen molar-refractivity contribution in [3.63, 3.8) is 0 Å². The first-order chi connectivity index (χ1) is 41.2. The van der Waals surface area contributed by atoms with Gasteiger partial charge in [0, 0.05) is 104 Å². The zero-order chi connectivity index (χ0) is 56.4. The molecule has 0 fully saturated rings. The maximum absolute atomic E-state index is 6.58. The molecule has 0 atom stereocenters. The Labute approximate surface area is 531 Å². The molecule has 0 spiro atoms. The van der Waals surface area contributed by atoms with Gasteiger partial charge in [0.2, 0.25) is 0 Å². The van der Waals surface area contributed by atoms with Crippen molar-refractivity contribution in [3.05, 3.63) is 298 Å². The molecule has 0 bridgehead atoms. The van der Waals surface area contributed by atoms with Crippen molar-refractivity contribution in [2.24, 2.45) is 0 Å². The fourth-order valence-electron chi connectivity index (χ4n) is 11.3. The zero-order valence-corrected chi connectivity index (χ0v) is 51.7. The standard InChI is InChI=1S/C73H53N9O2.2Pt/c1-50-38-70-72(40-52(50)3)81(48-77(70)54-16-6-5-7-17-54)60-20-14-24-64(44-60)83-62-22-12-18-58(42-62)79-46-75(66-26-8-10-28-68(66)79)55-30-32-56(33-31-55)76-47-80(69-29-11-9-27-67(69)76)59-19-13-23-63(43-59)84-65-25-15-21-61(45-65)82-49-78(57-34-36-74-37-35-57)71-39-51(2)53(4)41-73(71)82;;/h5-41,46-49H,1-4H3;;/q-8;2*+4. The van der Waals surface area contributed by atoms with Gasteiger partial charge in [0.05, 0.1) is 0 Å². The van der Waals surface area contributed by atoms with Gasteiger partial charge >= 0.3 is 42.1 Å². The largest absolute Gasteiger partial charge is 4.00 e. The van der Waals surface area contributed by atoms with Gasteiger partial charge in [-0.15, -0.1) is 122 Å². The van der Waals surface area contributed by atoms with Gasteiger partial charge in [-0.2, -0.15) is 24.3 Å². The minimum Gasteiger partial charge on any atom is -0.509 e. The second-order valence-electron chi connectivity index (χ2n) is 21.1. The van der Waals surface area contributed by atoms with Crippen LogP contribution in [0, 0.1) is 78.6 Å². The van der Waals surface area contributed by atoms with Crippen molar-refractivity contribution >= 4 is 91.0 Å². The van der Waals surface area contributed by atoms with Crippen LogP contribution in [0.5, 0.6) is 23.0 Å². The second kappa shape index (κ2) is 23.3. The summed E-state index contributed by atoms with van der Waals surface area (Å²) in [7, 11) is 0. The molecule has 0 radical (unpaired) electrons. The van der Waals surface area contributed by atoms with Crippen LogP contribution >= 0.6 is 0 Å². The van der Waals surface area contributed by atoms with E-state index < -0.39 is 0 Å². The van der Waals surface area contributed by atoms with Gasteiger partial charge < -0.3 is 48.7 Å². The number of aromatic nitrogens is 1. The normalized spacial score (nSPS) is 13.7. The number of hydrogen-bond donors (Lipinski definition) is 0. The Hall–Kier alpha value is -9.27. The second-order valence-corrected chi connectivity index (χ2v) is 21.1.